The molecule has 1 aromatic carbocycles. The maximum absolute atomic E-state index is 12.7. The molecule has 9 heteroatoms. The summed E-state index contributed by atoms with van der Waals surface area (Å²) in [6.45, 7) is 0. The van der Waals surface area contributed by atoms with E-state index in [1.807, 2.05) is 5.32 Å². The summed E-state index contributed by atoms with van der Waals surface area (Å²) in [5.41, 5.74) is -0.417. The van der Waals surface area contributed by atoms with Crippen LogP contribution in [0.2, 0.25) is 0 Å². The summed E-state index contributed by atoms with van der Waals surface area (Å²) in [4.78, 5) is 10.8. The van der Waals surface area contributed by atoms with Crippen molar-refractivity contribution in [2.75, 3.05) is 5.32 Å². The molecule has 1 amide bonds. The van der Waals surface area contributed by atoms with Crippen molar-refractivity contribution in [2.45, 2.75) is 12.3 Å². The van der Waals surface area contributed by atoms with E-state index in [1.54, 1.807) is 0 Å². The van der Waals surface area contributed by atoms with Gasteiger partial charge in [0.25, 0.3) is 0 Å². The number of ether oxygens (including phenoxy) is 2. The number of benzene rings is 1. The molecule has 0 aromatic heterocycles. The van der Waals surface area contributed by atoms with Crippen molar-refractivity contribution in [3.8, 4) is 5.75 Å². The number of carbonyl (C=O) groups is 1. The van der Waals surface area contributed by atoms with E-state index in [-0.39, 0.29) is 0 Å². The average Bonchev–Trinajstić information content (AvgIpc) is 2.29. The van der Waals surface area contributed by atoms with Gasteiger partial charge in [0.2, 0.25) is 0 Å². The second kappa shape index (κ2) is 5.29. The number of carbonyl (C=O) groups excluding carboxylic acids is 1. The molecule has 0 fully saturated rings. The third-order valence-electron chi connectivity index (χ3n) is 1.82. The van der Waals surface area contributed by atoms with E-state index in [9.17, 15) is 26.7 Å². The summed E-state index contributed by atoms with van der Waals surface area (Å²) in [7, 11) is 2.74. The van der Waals surface area contributed by atoms with Crippen LogP contribution in [-0.2, 0) is 4.74 Å². The second-order valence-electron chi connectivity index (χ2n) is 3.17. The van der Waals surface area contributed by atoms with Crippen LogP contribution >= 0.6 is 0 Å². The molecule has 4 nitrogen and oxygen atoms in total. The molecule has 105 valence electrons. The van der Waals surface area contributed by atoms with Gasteiger partial charge in [-0.3, -0.25) is 5.32 Å². The zero-order valence-electron chi connectivity index (χ0n) is 9.13. The summed E-state index contributed by atoms with van der Waals surface area (Å²) < 4.78 is 68.9. The fourth-order valence-corrected chi connectivity index (χ4v) is 1.00. The number of hydrogen-bond acceptors (Lipinski definition) is 3. The van der Waals surface area contributed by atoms with Gasteiger partial charge in [-0.25, -0.2) is 4.79 Å². The zero-order chi connectivity index (χ0) is 14.7. The lowest BCUT2D eigenvalue weighted by molar-refractivity contribution is -0.360. The van der Waals surface area contributed by atoms with Crippen LogP contribution in [0.3, 0.4) is 0 Å². The highest BCUT2D eigenvalue weighted by Gasteiger charge is 2.61. The molecule has 1 radical (unpaired) electrons. The van der Waals surface area contributed by atoms with Gasteiger partial charge in [-0.1, -0.05) is 12.1 Å². The van der Waals surface area contributed by atoms with Crippen LogP contribution in [0.4, 0.5) is 32.4 Å². The van der Waals surface area contributed by atoms with E-state index >= 15 is 0 Å². The molecule has 1 N–H and O–H groups in total. The summed E-state index contributed by atoms with van der Waals surface area (Å²) in [6, 6.07) is 4.33. The highest BCUT2D eigenvalue weighted by Crippen LogP contribution is 2.39. The molecule has 0 aliphatic rings. The maximum atomic E-state index is 12.7. The number of hydrogen-bond donors (Lipinski definition) is 1. The molecule has 0 aliphatic carbocycles. The molecule has 19 heavy (non-hydrogen) atoms. The van der Waals surface area contributed by atoms with Crippen LogP contribution < -0.4 is 10.1 Å². The number of amides is 1. The first-order valence-electron chi connectivity index (χ1n) is 4.63. The molecule has 0 bridgehead atoms. The Balaban J connectivity index is 2.99. The van der Waals surface area contributed by atoms with Crippen LogP contribution in [0.5, 0.6) is 5.75 Å². The fourth-order valence-electron chi connectivity index (χ4n) is 1.00. The first-order valence-corrected chi connectivity index (χ1v) is 4.63. The SMILES string of the molecule is [CH2]OC(=O)Nc1ccccc1OC(F)(F)C(F)(F)F. The summed E-state index contributed by atoms with van der Waals surface area (Å²) in [5.74, 6) is -0.866. The van der Waals surface area contributed by atoms with Crippen molar-refractivity contribution in [3.63, 3.8) is 0 Å². The van der Waals surface area contributed by atoms with E-state index in [4.69, 9.17) is 0 Å². The van der Waals surface area contributed by atoms with Crippen LogP contribution in [0.25, 0.3) is 0 Å². The Bertz CT molecular complexity index is 461. The van der Waals surface area contributed by atoms with Crippen LogP contribution in [0, 0.1) is 7.11 Å². The normalized spacial score (nSPS) is 11.9. The standard InChI is InChI=1S/C10H7F5NO3/c1-18-8(17)16-6-4-2-3-5-7(6)19-10(14,15)9(11,12)13/h2-5H,1H2,(H,16,17). The van der Waals surface area contributed by atoms with Gasteiger partial charge in [-0.2, -0.15) is 22.0 Å². The number of nitrogens with one attached hydrogen (secondary N) is 1. The fraction of sp³-hybridized carbons (Fsp3) is 0.200. The monoisotopic (exact) mass is 284 g/mol. The van der Waals surface area contributed by atoms with Gasteiger partial charge >= 0.3 is 18.4 Å². The van der Waals surface area contributed by atoms with Gasteiger partial charge in [0, 0.05) is 0 Å². The largest absolute Gasteiger partial charge is 0.499 e. The summed E-state index contributed by atoms with van der Waals surface area (Å²) in [6.07, 6.45) is -12.4. The Labute approximate surface area is 104 Å². The molecular weight excluding hydrogens is 277 g/mol. The summed E-state index contributed by atoms with van der Waals surface area (Å²) in [5, 5.41) is 1.88. The lowest BCUT2D eigenvalue weighted by atomic mass is 10.3. The van der Waals surface area contributed by atoms with Crippen molar-refractivity contribution in [1.82, 2.24) is 0 Å². The quantitative estimate of drug-likeness (QED) is 0.863. The lowest BCUT2D eigenvalue weighted by Crippen LogP contribution is -2.42. The van der Waals surface area contributed by atoms with E-state index in [1.165, 1.54) is 6.07 Å². The molecular formula is C10H7F5NO3. The Hall–Kier alpha value is -2.06. The molecule has 0 spiro atoms. The first-order chi connectivity index (χ1) is 8.67. The maximum Gasteiger partial charge on any atom is 0.499 e. The predicted molar refractivity (Wildman–Crippen MR) is 53.5 cm³/mol. The Morgan fingerprint density at radius 1 is 1.16 bits per heavy atom. The van der Waals surface area contributed by atoms with Crippen molar-refractivity contribution in [3.05, 3.63) is 31.4 Å². The zero-order valence-corrected chi connectivity index (χ0v) is 9.13. The molecule has 0 saturated carbocycles. The molecule has 0 heterocycles. The van der Waals surface area contributed by atoms with Crippen molar-refractivity contribution in [1.29, 1.82) is 0 Å². The smallest absolute Gasteiger partial charge is 0.446 e. The minimum atomic E-state index is -5.88. The van der Waals surface area contributed by atoms with Gasteiger partial charge in [0.15, 0.2) is 0 Å². The van der Waals surface area contributed by atoms with Crippen LogP contribution in [0.15, 0.2) is 24.3 Å². The Kier molecular flexibility index (Phi) is 4.17. The van der Waals surface area contributed by atoms with Gasteiger partial charge in [0.1, 0.15) is 12.9 Å². The van der Waals surface area contributed by atoms with Crippen molar-refractivity contribution < 1.29 is 36.2 Å². The highest BCUT2D eigenvalue weighted by atomic mass is 19.4. The van der Waals surface area contributed by atoms with E-state index in [0.29, 0.717) is 0 Å². The highest BCUT2D eigenvalue weighted by molar-refractivity contribution is 5.86. The Morgan fingerprint density at radius 3 is 2.26 bits per heavy atom. The molecule has 0 aliphatic heterocycles. The van der Waals surface area contributed by atoms with Crippen molar-refractivity contribution in [2.24, 2.45) is 0 Å². The van der Waals surface area contributed by atoms with Crippen LogP contribution in [-0.4, -0.2) is 18.4 Å². The number of rotatable bonds is 3. The van der Waals surface area contributed by atoms with E-state index in [2.05, 4.69) is 16.6 Å². The average molecular weight is 284 g/mol. The predicted octanol–water partition coefficient (Wildman–Crippen LogP) is 3.56. The lowest BCUT2D eigenvalue weighted by Gasteiger charge is -2.21. The van der Waals surface area contributed by atoms with E-state index < -0.39 is 29.8 Å². The molecule has 0 unspecified atom stereocenters. The molecule has 0 atom stereocenters. The molecule has 1 aromatic rings. The van der Waals surface area contributed by atoms with E-state index in [0.717, 1.165) is 18.2 Å². The van der Waals surface area contributed by atoms with Gasteiger partial charge < -0.3 is 9.47 Å². The number of anilines is 1. The van der Waals surface area contributed by atoms with Crippen molar-refractivity contribution >= 4 is 11.8 Å². The Morgan fingerprint density at radius 2 is 1.74 bits per heavy atom. The van der Waals surface area contributed by atoms with Gasteiger partial charge in [-0.05, 0) is 12.1 Å². The molecule has 0 saturated heterocycles. The van der Waals surface area contributed by atoms with Crippen LogP contribution in [0.1, 0.15) is 0 Å². The van der Waals surface area contributed by atoms with Gasteiger partial charge in [0.05, 0.1) is 5.69 Å². The number of halogens is 5. The first kappa shape index (κ1) is 15.0. The summed E-state index contributed by atoms with van der Waals surface area (Å²) >= 11 is 0. The topological polar surface area (TPSA) is 47.6 Å². The molecule has 1 rings (SSSR count). The number of para-hydroxylation sites is 2. The third-order valence-corrected chi connectivity index (χ3v) is 1.82. The third kappa shape index (κ3) is 3.70. The minimum absolute atomic E-state index is 0.417. The van der Waals surface area contributed by atoms with Gasteiger partial charge in [-0.15, -0.1) is 0 Å². The minimum Gasteiger partial charge on any atom is -0.446 e. The second-order valence-corrected chi connectivity index (χ2v) is 3.17. The number of alkyl halides is 5.